The largest absolute Gasteiger partial charge is 0.489 e. The minimum atomic E-state index is -0.0820. The van der Waals surface area contributed by atoms with E-state index in [4.69, 9.17) is 16.3 Å². The summed E-state index contributed by atoms with van der Waals surface area (Å²) < 4.78 is 7.40. The maximum atomic E-state index is 12.4. The summed E-state index contributed by atoms with van der Waals surface area (Å²) in [4.78, 5) is 19.2. The molecule has 0 bridgehead atoms. The number of ether oxygens (including phenoxy) is 1. The topological polar surface area (TPSA) is 47.4 Å². The van der Waals surface area contributed by atoms with Gasteiger partial charge in [0.25, 0.3) is 5.56 Å². The van der Waals surface area contributed by atoms with E-state index in [-0.39, 0.29) is 5.56 Å². The van der Waals surface area contributed by atoms with Crippen molar-refractivity contribution in [1.29, 1.82) is 0 Å². The molecule has 158 valence electrons. The van der Waals surface area contributed by atoms with Crippen molar-refractivity contribution in [1.82, 2.24) is 14.5 Å². The van der Waals surface area contributed by atoms with Gasteiger partial charge in [0.1, 0.15) is 12.4 Å². The molecule has 0 radical (unpaired) electrons. The molecule has 0 saturated heterocycles. The third-order valence-electron chi connectivity index (χ3n) is 4.84. The van der Waals surface area contributed by atoms with Crippen molar-refractivity contribution in [3.05, 3.63) is 93.1 Å². The van der Waals surface area contributed by atoms with Crippen LogP contribution in [0.3, 0.4) is 0 Å². The van der Waals surface area contributed by atoms with Gasteiger partial charge < -0.3 is 14.2 Å². The van der Waals surface area contributed by atoms with Gasteiger partial charge in [-0.2, -0.15) is 0 Å². The number of nitrogens with zero attached hydrogens (tertiary/aromatic N) is 3. The van der Waals surface area contributed by atoms with Crippen LogP contribution in [0.4, 0.5) is 0 Å². The Kier molecular flexibility index (Phi) is 8.05. The van der Waals surface area contributed by atoms with Crippen LogP contribution in [0.15, 0.2) is 65.7 Å². The zero-order valence-electron chi connectivity index (χ0n) is 17.6. The van der Waals surface area contributed by atoms with E-state index in [9.17, 15) is 4.79 Å². The Morgan fingerprint density at radius 2 is 1.87 bits per heavy atom. The normalized spacial score (nSPS) is 11.1. The Hall–Kier alpha value is -2.63. The van der Waals surface area contributed by atoms with Crippen LogP contribution >= 0.6 is 11.6 Å². The van der Waals surface area contributed by atoms with Crippen LogP contribution in [0.1, 0.15) is 30.2 Å². The zero-order chi connectivity index (χ0) is 21.3. The molecule has 0 amide bonds. The second-order valence-corrected chi connectivity index (χ2v) is 7.89. The SMILES string of the molecule is CCCN(C)Cc1ccc(CCn2ccc(OCc3ccc(Cl)cc3)cc2=O)nc1. The monoisotopic (exact) mass is 425 g/mol. The van der Waals surface area contributed by atoms with E-state index in [2.05, 4.69) is 29.9 Å². The fraction of sp³-hybridized carbons (Fsp3) is 0.333. The first-order chi connectivity index (χ1) is 14.5. The molecule has 0 spiro atoms. The van der Waals surface area contributed by atoms with Crippen molar-refractivity contribution in [3.8, 4) is 5.75 Å². The molecule has 0 saturated carbocycles. The molecule has 2 heterocycles. The van der Waals surface area contributed by atoms with Gasteiger partial charge in [-0.1, -0.05) is 36.7 Å². The highest BCUT2D eigenvalue weighted by molar-refractivity contribution is 6.30. The lowest BCUT2D eigenvalue weighted by Gasteiger charge is -2.15. The van der Waals surface area contributed by atoms with Gasteiger partial charge in [-0.3, -0.25) is 9.78 Å². The number of hydrogen-bond acceptors (Lipinski definition) is 4. The average molecular weight is 426 g/mol. The van der Waals surface area contributed by atoms with Gasteiger partial charge in [0.2, 0.25) is 0 Å². The van der Waals surface area contributed by atoms with Crippen LogP contribution < -0.4 is 10.3 Å². The summed E-state index contributed by atoms with van der Waals surface area (Å²) in [6.45, 7) is 5.13. The van der Waals surface area contributed by atoms with Crippen LogP contribution in [-0.2, 0) is 26.1 Å². The van der Waals surface area contributed by atoms with Crippen LogP contribution in [0.2, 0.25) is 5.02 Å². The van der Waals surface area contributed by atoms with Crippen molar-refractivity contribution in [2.24, 2.45) is 0 Å². The molecule has 0 fully saturated rings. The van der Waals surface area contributed by atoms with Crippen molar-refractivity contribution >= 4 is 11.6 Å². The molecule has 0 aliphatic carbocycles. The highest BCUT2D eigenvalue weighted by Gasteiger charge is 2.04. The molecule has 30 heavy (non-hydrogen) atoms. The Labute approximate surface area is 182 Å². The zero-order valence-corrected chi connectivity index (χ0v) is 18.3. The molecule has 0 N–H and O–H groups in total. The van der Waals surface area contributed by atoms with Crippen molar-refractivity contribution in [2.75, 3.05) is 13.6 Å². The molecular weight excluding hydrogens is 398 g/mol. The lowest BCUT2D eigenvalue weighted by Crippen LogP contribution is -2.20. The third-order valence-corrected chi connectivity index (χ3v) is 5.09. The number of benzene rings is 1. The molecule has 3 aromatic rings. The van der Waals surface area contributed by atoms with Gasteiger partial charge in [0, 0.05) is 48.7 Å². The standard InChI is InChI=1S/C24H28ClN3O2/c1-3-12-27(2)17-20-6-9-22(26-16-20)10-13-28-14-11-23(15-24(28)29)30-18-19-4-7-21(25)8-5-19/h4-9,11,14-16H,3,10,12-13,17-18H2,1-2H3. The number of rotatable bonds is 10. The van der Waals surface area contributed by atoms with Gasteiger partial charge in [-0.15, -0.1) is 0 Å². The maximum Gasteiger partial charge on any atom is 0.254 e. The third kappa shape index (κ3) is 6.71. The van der Waals surface area contributed by atoms with Crippen molar-refractivity contribution < 1.29 is 4.74 Å². The van der Waals surface area contributed by atoms with E-state index < -0.39 is 0 Å². The number of halogens is 1. The summed E-state index contributed by atoms with van der Waals surface area (Å²) in [7, 11) is 2.12. The Morgan fingerprint density at radius 3 is 2.53 bits per heavy atom. The average Bonchev–Trinajstić information content (AvgIpc) is 2.74. The smallest absolute Gasteiger partial charge is 0.254 e. The van der Waals surface area contributed by atoms with E-state index in [1.165, 1.54) is 11.6 Å². The summed E-state index contributed by atoms with van der Waals surface area (Å²) in [6, 6.07) is 15.0. The van der Waals surface area contributed by atoms with E-state index in [1.807, 2.05) is 42.6 Å². The first-order valence-electron chi connectivity index (χ1n) is 10.2. The van der Waals surface area contributed by atoms with Gasteiger partial charge in [-0.25, -0.2) is 0 Å². The lowest BCUT2D eigenvalue weighted by molar-refractivity contribution is 0.305. The molecule has 0 atom stereocenters. The summed E-state index contributed by atoms with van der Waals surface area (Å²) in [5, 5.41) is 0.689. The number of pyridine rings is 2. The number of hydrogen-bond donors (Lipinski definition) is 0. The fourth-order valence-corrected chi connectivity index (χ4v) is 3.34. The Morgan fingerprint density at radius 1 is 1.10 bits per heavy atom. The van der Waals surface area contributed by atoms with Crippen molar-refractivity contribution in [2.45, 2.75) is 39.5 Å². The maximum absolute atomic E-state index is 12.4. The van der Waals surface area contributed by atoms with E-state index in [1.54, 1.807) is 10.8 Å². The summed E-state index contributed by atoms with van der Waals surface area (Å²) in [5.74, 6) is 0.560. The number of aromatic nitrogens is 2. The van der Waals surface area contributed by atoms with Crippen LogP contribution in [0, 0.1) is 0 Å². The Balaban J connectivity index is 1.52. The van der Waals surface area contributed by atoms with Crippen LogP contribution in [0.25, 0.3) is 0 Å². The van der Waals surface area contributed by atoms with Crippen molar-refractivity contribution in [3.63, 3.8) is 0 Å². The predicted octanol–water partition coefficient (Wildman–Crippen LogP) is 4.56. The molecule has 3 rings (SSSR count). The molecule has 5 nitrogen and oxygen atoms in total. The molecule has 0 aliphatic rings. The molecular formula is C24H28ClN3O2. The second-order valence-electron chi connectivity index (χ2n) is 7.45. The van der Waals surface area contributed by atoms with Crippen LogP contribution in [0.5, 0.6) is 5.75 Å². The van der Waals surface area contributed by atoms with Crippen LogP contribution in [-0.4, -0.2) is 28.0 Å². The minimum Gasteiger partial charge on any atom is -0.489 e. The molecule has 1 aromatic carbocycles. The van der Waals surface area contributed by atoms with E-state index in [0.29, 0.717) is 30.3 Å². The second kappa shape index (κ2) is 11.0. The van der Waals surface area contributed by atoms with Gasteiger partial charge in [0.15, 0.2) is 0 Å². The molecule has 0 aliphatic heterocycles. The lowest BCUT2D eigenvalue weighted by atomic mass is 10.2. The predicted molar refractivity (Wildman–Crippen MR) is 121 cm³/mol. The Bertz CT molecular complexity index is 985. The highest BCUT2D eigenvalue weighted by Crippen LogP contribution is 2.13. The quantitative estimate of drug-likeness (QED) is 0.477. The minimum absolute atomic E-state index is 0.0820. The highest BCUT2D eigenvalue weighted by atomic mass is 35.5. The summed E-state index contributed by atoms with van der Waals surface area (Å²) >= 11 is 5.89. The summed E-state index contributed by atoms with van der Waals surface area (Å²) in [6.07, 6.45) is 5.54. The molecule has 2 aromatic heterocycles. The first-order valence-corrected chi connectivity index (χ1v) is 10.6. The number of aryl methyl sites for hydroxylation is 2. The first kappa shape index (κ1) is 22.1. The fourth-order valence-electron chi connectivity index (χ4n) is 3.22. The van der Waals surface area contributed by atoms with E-state index >= 15 is 0 Å². The van der Waals surface area contributed by atoms with Gasteiger partial charge >= 0.3 is 0 Å². The van der Waals surface area contributed by atoms with E-state index in [0.717, 1.165) is 30.8 Å². The van der Waals surface area contributed by atoms with Gasteiger partial charge in [-0.05, 0) is 55.4 Å². The molecule has 0 unspecified atom stereocenters. The van der Waals surface area contributed by atoms with Gasteiger partial charge in [0.05, 0.1) is 0 Å². The summed E-state index contributed by atoms with van der Waals surface area (Å²) in [5.41, 5.74) is 3.10. The molecule has 6 heteroatoms.